The number of imide groups is 1. The predicted molar refractivity (Wildman–Crippen MR) is 72.5 cm³/mol. The molecule has 1 heterocycles. The molecule has 0 bridgehead atoms. The monoisotopic (exact) mass is 276 g/mol. The van der Waals surface area contributed by atoms with Crippen LogP contribution in [-0.2, 0) is 14.4 Å². The number of likely N-dealkylation sites (N-methyl/N-ethyl adjacent to an activating group) is 1. The third-order valence-electron chi connectivity index (χ3n) is 2.50. The zero-order valence-electron chi connectivity index (χ0n) is 10.5. The third kappa shape index (κ3) is 3.03. The molecule has 0 unspecified atom stereocenters. The molecule has 0 fully saturated rings. The highest BCUT2D eigenvalue weighted by Crippen LogP contribution is 2.31. The summed E-state index contributed by atoms with van der Waals surface area (Å²) in [6.07, 6.45) is 1.33. The number of nitrogens with zero attached hydrogens (tertiary/aromatic N) is 1. The summed E-state index contributed by atoms with van der Waals surface area (Å²) in [6, 6.07) is 7.06. The van der Waals surface area contributed by atoms with Gasteiger partial charge in [0, 0.05) is 30.6 Å². The van der Waals surface area contributed by atoms with E-state index in [9.17, 15) is 14.4 Å². The molecule has 0 saturated carbocycles. The average Bonchev–Trinajstić information content (AvgIpc) is 2.59. The second-order valence-corrected chi connectivity index (χ2v) is 5.13. The fourth-order valence-electron chi connectivity index (χ4n) is 1.55. The van der Waals surface area contributed by atoms with E-state index in [4.69, 9.17) is 0 Å². The third-order valence-corrected chi connectivity index (χ3v) is 3.52. The number of hydrogen-bond donors (Lipinski definition) is 1. The van der Waals surface area contributed by atoms with Crippen LogP contribution in [0.5, 0.6) is 0 Å². The van der Waals surface area contributed by atoms with Crippen LogP contribution in [0.3, 0.4) is 0 Å². The van der Waals surface area contributed by atoms with Crippen molar-refractivity contribution in [1.82, 2.24) is 4.90 Å². The molecular formula is C13H12N2O3S. The van der Waals surface area contributed by atoms with Gasteiger partial charge in [-0.1, -0.05) is 11.8 Å². The van der Waals surface area contributed by atoms with Crippen molar-refractivity contribution >= 4 is 35.2 Å². The number of carbonyl (C=O) groups excluding carboxylic acids is 3. The van der Waals surface area contributed by atoms with Crippen molar-refractivity contribution in [3.63, 3.8) is 0 Å². The summed E-state index contributed by atoms with van der Waals surface area (Å²) < 4.78 is 0. The molecule has 1 aliphatic heterocycles. The summed E-state index contributed by atoms with van der Waals surface area (Å²) in [5, 5.41) is 2.66. The molecule has 0 radical (unpaired) electrons. The lowest BCUT2D eigenvalue weighted by Crippen LogP contribution is -2.25. The maximum atomic E-state index is 11.7. The van der Waals surface area contributed by atoms with Gasteiger partial charge in [-0.05, 0) is 24.3 Å². The summed E-state index contributed by atoms with van der Waals surface area (Å²) in [6.45, 7) is 1.44. The van der Waals surface area contributed by atoms with Crippen molar-refractivity contribution in [2.75, 3.05) is 12.4 Å². The number of anilines is 1. The van der Waals surface area contributed by atoms with E-state index in [2.05, 4.69) is 5.32 Å². The first-order chi connectivity index (χ1) is 8.97. The average molecular weight is 276 g/mol. The molecule has 3 amide bonds. The maximum absolute atomic E-state index is 11.7. The number of nitrogens with one attached hydrogen (secondary N) is 1. The van der Waals surface area contributed by atoms with E-state index in [1.54, 1.807) is 24.3 Å². The molecule has 2 rings (SSSR count). The molecule has 19 heavy (non-hydrogen) atoms. The van der Waals surface area contributed by atoms with Crippen LogP contribution in [-0.4, -0.2) is 29.7 Å². The molecular weight excluding hydrogens is 264 g/mol. The van der Waals surface area contributed by atoms with E-state index in [1.165, 1.54) is 31.8 Å². The van der Waals surface area contributed by atoms with E-state index in [-0.39, 0.29) is 17.7 Å². The van der Waals surface area contributed by atoms with E-state index in [0.717, 1.165) is 9.80 Å². The lowest BCUT2D eigenvalue weighted by atomic mass is 10.3. The van der Waals surface area contributed by atoms with Gasteiger partial charge >= 0.3 is 0 Å². The molecule has 0 aromatic heterocycles. The Morgan fingerprint density at radius 2 is 1.84 bits per heavy atom. The van der Waals surface area contributed by atoms with E-state index >= 15 is 0 Å². The van der Waals surface area contributed by atoms with Crippen LogP contribution in [0.25, 0.3) is 0 Å². The van der Waals surface area contributed by atoms with E-state index in [1.807, 2.05) is 0 Å². The minimum Gasteiger partial charge on any atom is -0.326 e. The number of rotatable bonds is 3. The van der Waals surface area contributed by atoms with Crippen molar-refractivity contribution in [3.8, 4) is 0 Å². The molecule has 1 aliphatic rings. The van der Waals surface area contributed by atoms with Gasteiger partial charge < -0.3 is 5.32 Å². The molecule has 0 atom stereocenters. The van der Waals surface area contributed by atoms with Crippen LogP contribution in [0, 0.1) is 0 Å². The number of amides is 3. The fourth-order valence-corrected chi connectivity index (χ4v) is 2.46. The molecule has 1 N–H and O–H groups in total. The van der Waals surface area contributed by atoms with Gasteiger partial charge in [0.15, 0.2) is 0 Å². The van der Waals surface area contributed by atoms with Crippen molar-refractivity contribution in [2.45, 2.75) is 11.8 Å². The normalized spacial score (nSPS) is 14.6. The molecule has 5 nitrogen and oxygen atoms in total. The SMILES string of the molecule is CC(=O)Nc1ccc(SC2=CC(=O)N(C)C2=O)cc1. The second kappa shape index (κ2) is 5.27. The van der Waals surface area contributed by atoms with Crippen molar-refractivity contribution in [3.05, 3.63) is 35.2 Å². The summed E-state index contributed by atoms with van der Waals surface area (Å²) >= 11 is 1.23. The van der Waals surface area contributed by atoms with Gasteiger partial charge in [0.05, 0.1) is 4.91 Å². The number of carbonyl (C=O) groups is 3. The van der Waals surface area contributed by atoms with Crippen LogP contribution < -0.4 is 5.32 Å². The Morgan fingerprint density at radius 1 is 1.21 bits per heavy atom. The van der Waals surface area contributed by atoms with Crippen molar-refractivity contribution in [1.29, 1.82) is 0 Å². The van der Waals surface area contributed by atoms with Gasteiger partial charge in [-0.25, -0.2) is 0 Å². The zero-order valence-corrected chi connectivity index (χ0v) is 11.3. The largest absolute Gasteiger partial charge is 0.326 e. The molecule has 6 heteroatoms. The first-order valence-electron chi connectivity index (χ1n) is 5.56. The lowest BCUT2D eigenvalue weighted by molar-refractivity contribution is -0.135. The molecule has 1 aromatic rings. The van der Waals surface area contributed by atoms with Gasteiger partial charge in [0.2, 0.25) is 5.91 Å². The molecule has 0 aliphatic carbocycles. The summed E-state index contributed by atoms with van der Waals surface area (Å²) in [5.41, 5.74) is 0.691. The maximum Gasteiger partial charge on any atom is 0.267 e. The van der Waals surface area contributed by atoms with Crippen LogP contribution in [0.15, 0.2) is 40.1 Å². The Hall–Kier alpha value is -2.08. The van der Waals surface area contributed by atoms with Gasteiger partial charge in [-0.15, -0.1) is 0 Å². The highest BCUT2D eigenvalue weighted by Gasteiger charge is 2.28. The highest BCUT2D eigenvalue weighted by atomic mass is 32.2. The van der Waals surface area contributed by atoms with Gasteiger partial charge in [0.25, 0.3) is 11.8 Å². The smallest absolute Gasteiger partial charge is 0.267 e. The quantitative estimate of drug-likeness (QED) is 0.852. The van der Waals surface area contributed by atoms with Gasteiger partial charge in [-0.3, -0.25) is 19.3 Å². The Labute approximate surface area is 114 Å². The van der Waals surface area contributed by atoms with Crippen LogP contribution >= 0.6 is 11.8 Å². The summed E-state index contributed by atoms with van der Waals surface area (Å²) in [7, 11) is 1.45. The van der Waals surface area contributed by atoms with Gasteiger partial charge in [-0.2, -0.15) is 0 Å². The molecule has 98 valence electrons. The van der Waals surface area contributed by atoms with Crippen molar-refractivity contribution < 1.29 is 14.4 Å². The molecule has 1 aromatic carbocycles. The minimum atomic E-state index is -0.303. The summed E-state index contributed by atoms with van der Waals surface area (Å²) in [4.78, 5) is 36.2. The Kier molecular flexibility index (Phi) is 3.71. The first kappa shape index (κ1) is 13.4. The lowest BCUT2D eigenvalue weighted by Gasteiger charge is -2.07. The number of benzene rings is 1. The Balaban J connectivity index is 2.08. The number of hydrogen-bond acceptors (Lipinski definition) is 4. The molecule has 0 spiro atoms. The van der Waals surface area contributed by atoms with Crippen LogP contribution in [0.2, 0.25) is 0 Å². The first-order valence-corrected chi connectivity index (χ1v) is 6.38. The molecule has 0 saturated heterocycles. The van der Waals surface area contributed by atoms with Crippen LogP contribution in [0.4, 0.5) is 5.69 Å². The second-order valence-electron chi connectivity index (χ2n) is 4.02. The Morgan fingerprint density at radius 3 is 2.32 bits per heavy atom. The number of thioether (sulfide) groups is 1. The van der Waals surface area contributed by atoms with Crippen LogP contribution in [0.1, 0.15) is 6.92 Å². The fraction of sp³-hybridized carbons (Fsp3) is 0.154. The minimum absolute atomic E-state index is 0.138. The van der Waals surface area contributed by atoms with Gasteiger partial charge in [0.1, 0.15) is 0 Å². The predicted octanol–water partition coefficient (Wildman–Crippen LogP) is 1.62. The Bertz CT molecular complexity index is 578. The summed E-state index contributed by atoms with van der Waals surface area (Å²) in [5.74, 6) is -0.732. The van der Waals surface area contributed by atoms with E-state index < -0.39 is 0 Å². The van der Waals surface area contributed by atoms with E-state index in [0.29, 0.717) is 10.6 Å². The van der Waals surface area contributed by atoms with Crippen molar-refractivity contribution in [2.24, 2.45) is 0 Å². The topological polar surface area (TPSA) is 66.5 Å². The highest BCUT2D eigenvalue weighted by molar-refractivity contribution is 8.04. The zero-order chi connectivity index (χ0) is 14.0. The standard InChI is InChI=1S/C13H12N2O3S/c1-8(16)14-9-3-5-10(6-4-9)19-11-7-12(17)15(2)13(11)18/h3-7H,1-2H3,(H,14,16).